The molecule has 0 unspecified atom stereocenters. The van der Waals surface area contributed by atoms with Crippen molar-refractivity contribution < 1.29 is 9.47 Å². The zero-order chi connectivity index (χ0) is 9.80. The van der Waals surface area contributed by atoms with Crippen LogP contribution in [0.2, 0.25) is 0 Å². The first-order chi connectivity index (χ1) is 6.90. The zero-order valence-electron chi connectivity index (χ0n) is 8.38. The lowest BCUT2D eigenvalue weighted by Gasteiger charge is -2.08. The highest BCUT2D eigenvalue weighted by atomic mass is 16.5. The number of benzene rings is 1. The van der Waals surface area contributed by atoms with E-state index in [4.69, 9.17) is 9.47 Å². The van der Waals surface area contributed by atoms with Gasteiger partial charge in [0.25, 0.3) is 0 Å². The van der Waals surface area contributed by atoms with Gasteiger partial charge >= 0.3 is 0 Å². The van der Waals surface area contributed by atoms with Gasteiger partial charge in [-0.15, -0.1) is 0 Å². The van der Waals surface area contributed by atoms with Crippen LogP contribution in [0.5, 0.6) is 5.75 Å². The summed E-state index contributed by atoms with van der Waals surface area (Å²) in [5.41, 5.74) is 2.41. The topological polar surface area (TPSA) is 30.5 Å². The van der Waals surface area contributed by atoms with Crippen molar-refractivity contribution >= 4 is 0 Å². The highest BCUT2D eigenvalue weighted by Gasteiger charge is 2.08. The SMILES string of the molecule is COCc1ccc2c(c1)CNCCO2. The number of nitrogens with one attached hydrogen (secondary N) is 1. The molecular formula is C11H15NO2. The Morgan fingerprint density at radius 1 is 1.50 bits per heavy atom. The maximum Gasteiger partial charge on any atom is 0.123 e. The third kappa shape index (κ3) is 2.05. The first kappa shape index (κ1) is 9.49. The summed E-state index contributed by atoms with van der Waals surface area (Å²) >= 11 is 0. The lowest BCUT2D eigenvalue weighted by atomic mass is 10.1. The van der Waals surface area contributed by atoms with E-state index in [2.05, 4.69) is 11.4 Å². The fraction of sp³-hybridized carbons (Fsp3) is 0.455. The molecule has 0 aromatic heterocycles. The molecule has 0 spiro atoms. The minimum absolute atomic E-state index is 0.660. The van der Waals surface area contributed by atoms with Gasteiger partial charge in [0, 0.05) is 25.8 Å². The Kier molecular flexibility index (Phi) is 3.01. The minimum atomic E-state index is 0.660. The summed E-state index contributed by atoms with van der Waals surface area (Å²) in [5.74, 6) is 0.995. The van der Waals surface area contributed by atoms with E-state index in [0.717, 1.165) is 25.4 Å². The second-order valence-corrected chi connectivity index (χ2v) is 3.40. The van der Waals surface area contributed by atoms with E-state index in [1.54, 1.807) is 7.11 Å². The number of fused-ring (bicyclic) bond motifs is 1. The fourth-order valence-electron chi connectivity index (χ4n) is 1.62. The first-order valence-electron chi connectivity index (χ1n) is 4.84. The molecule has 0 atom stereocenters. The van der Waals surface area contributed by atoms with E-state index in [1.165, 1.54) is 11.1 Å². The third-order valence-corrected chi connectivity index (χ3v) is 2.29. The summed E-state index contributed by atoms with van der Waals surface area (Å²) in [5, 5.41) is 3.31. The van der Waals surface area contributed by atoms with Crippen LogP contribution in [0, 0.1) is 0 Å². The summed E-state index contributed by atoms with van der Waals surface area (Å²) in [6.45, 7) is 3.20. The smallest absolute Gasteiger partial charge is 0.123 e. The molecule has 76 valence electrons. The summed E-state index contributed by atoms with van der Waals surface area (Å²) < 4.78 is 10.7. The van der Waals surface area contributed by atoms with Crippen LogP contribution in [0.25, 0.3) is 0 Å². The molecule has 0 amide bonds. The van der Waals surface area contributed by atoms with Crippen LogP contribution in [0.15, 0.2) is 18.2 Å². The Morgan fingerprint density at radius 2 is 2.43 bits per heavy atom. The second-order valence-electron chi connectivity index (χ2n) is 3.40. The summed E-state index contributed by atoms with van der Waals surface area (Å²) in [6.07, 6.45) is 0. The van der Waals surface area contributed by atoms with Gasteiger partial charge in [-0.05, 0) is 17.7 Å². The van der Waals surface area contributed by atoms with Crippen LogP contribution in [0.4, 0.5) is 0 Å². The molecule has 1 aromatic carbocycles. The fourth-order valence-corrected chi connectivity index (χ4v) is 1.62. The molecule has 1 heterocycles. The minimum Gasteiger partial charge on any atom is -0.492 e. The molecule has 1 aromatic rings. The van der Waals surface area contributed by atoms with Crippen molar-refractivity contribution in [2.75, 3.05) is 20.3 Å². The van der Waals surface area contributed by atoms with Crippen molar-refractivity contribution in [2.24, 2.45) is 0 Å². The molecule has 1 aliphatic heterocycles. The maximum absolute atomic E-state index is 5.58. The van der Waals surface area contributed by atoms with E-state index >= 15 is 0 Å². The predicted octanol–water partition coefficient (Wildman–Crippen LogP) is 1.31. The van der Waals surface area contributed by atoms with E-state index in [1.807, 2.05) is 12.1 Å². The second kappa shape index (κ2) is 4.44. The Balaban J connectivity index is 2.23. The molecule has 0 fully saturated rings. The summed E-state index contributed by atoms with van der Waals surface area (Å²) in [7, 11) is 1.71. The Hall–Kier alpha value is -1.06. The van der Waals surface area contributed by atoms with Crippen molar-refractivity contribution in [1.29, 1.82) is 0 Å². The lowest BCUT2D eigenvalue weighted by Crippen LogP contribution is -2.16. The number of methoxy groups -OCH3 is 1. The van der Waals surface area contributed by atoms with Gasteiger partial charge in [-0.25, -0.2) is 0 Å². The quantitative estimate of drug-likeness (QED) is 0.768. The predicted molar refractivity (Wildman–Crippen MR) is 54.4 cm³/mol. The average Bonchev–Trinajstić information content (AvgIpc) is 2.42. The molecule has 3 nitrogen and oxygen atoms in total. The van der Waals surface area contributed by atoms with Crippen molar-refractivity contribution in [2.45, 2.75) is 13.2 Å². The van der Waals surface area contributed by atoms with Crippen molar-refractivity contribution in [3.63, 3.8) is 0 Å². The molecule has 0 radical (unpaired) electrons. The molecule has 0 saturated carbocycles. The molecule has 3 heteroatoms. The number of rotatable bonds is 2. The van der Waals surface area contributed by atoms with E-state index < -0.39 is 0 Å². The van der Waals surface area contributed by atoms with Gasteiger partial charge in [-0.3, -0.25) is 0 Å². The Morgan fingerprint density at radius 3 is 3.29 bits per heavy atom. The Bertz CT molecular complexity index is 312. The van der Waals surface area contributed by atoms with Gasteiger partial charge in [0.05, 0.1) is 6.61 Å². The van der Waals surface area contributed by atoms with Crippen LogP contribution >= 0.6 is 0 Å². The largest absolute Gasteiger partial charge is 0.492 e. The molecule has 14 heavy (non-hydrogen) atoms. The van der Waals surface area contributed by atoms with Crippen LogP contribution in [0.3, 0.4) is 0 Å². The van der Waals surface area contributed by atoms with Crippen LogP contribution in [0.1, 0.15) is 11.1 Å². The molecule has 2 rings (SSSR count). The number of hydrogen-bond acceptors (Lipinski definition) is 3. The van der Waals surface area contributed by atoms with Crippen molar-refractivity contribution in [1.82, 2.24) is 5.32 Å². The normalized spacial score (nSPS) is 15.5. The average molecular weight is 193 g/mol. The van der Waals surface area contributed by atoms with Crippen LogP contribution in [-0.4, -0.2) is 20.3 Å². The van der Waals surface area contributed by atoms with Crippen LogP contribution < -0.4 is 10.1 Å². The van der Waals surface area contributed by atoms with E-state index in [-0.39, 0.29) is 0 Å². The summed E-state index contributed by atoms with van der Waals surface area (Å²) in [6, 6.07) is 6.21. The third-order valence-electron chi connectivity index (χ3n) is 2.29. The van der Waals surface area contributed by atoms with Gasteiger partial charge < -0.3 is 14.8 Å². The lowest BCUT2D eigenvalue weighted by molar-refractivity contribution is 0.184. The molecule has 1 aliphatic rings. The molecular weight excluding hydrogens is 178 g/mol. The highest BCUT2D eigenvalue weighted by Crippen LogP contribution is 2.21. The van der Waals surface area contributed by atoms with Crippen molar-refractivity contribution in [3.8, 4) is 5.75 Å². The van der Waals surface area contributed by atoms with Gasteiger partial charge in [0.2, 0.25) is 0 Å². The van der Waals surface area contributed by atoms with Gasteiger partial charge in [0.15, 0.2) is 0 Å². The summed E-state index contributed by atoms with van der Waals surface area (Å²) in [4.78, 5) is 0. The zero-order valence-corrected chi connectivity index (χ0v) is 8.38. The molecule has 0 aliphatic carbocycles. The molecule has 0 saturated heterocycles. The van der Waals surface area contributed by atoms with Crippen molar-refractivity contribution in [3.05, 3.63) is 29.3 Å². The standard InChI is InChI=1S/C11H15NO2/c1-13-8-9-2-3-11-10(6-9)7-12-4-5-14-11/h2-3,6,12H,4-5,7-8H2,1H3. The van der Waals surface area contributed by atoms with Gasteiger partial charge in [0.1, 0.15) is 12.4 Å². The van der Waals surface area contributed by atoms with Gasteiger partial charge in [-0.1, -0.05) is 6.07 Å². The monoisotopic (exact) mass is 193 g/mol. The number of ether oxygens (including phenoxy) is 2. The number of hydrogen-bond donors (Lipinski definition) is 1. The molecule has 1 N–H and O–H groups in total. The maximum atomic E-state index is 5.58. The first-order valence-corrected chi connectivity index (χ1v) is 4.84. The molecule has 0 bridgehead atoms. The van der Waals surface area contributed by atoms with Crippen LogP contribution in [-0.2, 0) is 17.9 Å². The Labute approximate surface area is 84.0 Å². The van der Waals surface area contributed by atoms with Gasteiger partial charge in [-0.2, -0.15) is 0 Å². The van der Waals surface area contributed by atoms with E-state index in [0.29, 0.717) is 6.61 Å². The van der Waals surface area contributed by atoms with E-state index in [9.17, 15) is 0 Å². The highest BCUT2D eigenvalue weighted by molar-refractivity contribution is 5.37.